The summed E-state index contributed by atoms with van der Waals surface area (Å²) in [7, 11) is -1.29. The van der Waals surface area contributed by atoms with Crippen molar-refractivity contribution in [1.82, 2.24) is 4.98 Å². The largest absolute Gasteiger partial charge is 0.228 e. The second kappa shape index (κ2) is 2.74. The highest BCUT2D eigenvalue weighted by Crippen LogP contribution is 2.00. The number of hydrogen-bond donors (Lipinski definition) is 0. The molecule has 0 aliphatic rings. The van der Waals surface area contributed by atoms with Gasteiger partial charge < -0.3 is 0 Å². The van der Waals surface area contributed by atoms with Gasteiger partial charge in [0.1, 0.15) is 0 Å². The Labute approximate surface area is 67.3 Å². The summed E-state index contributed by atoms with van der Waals surface area (Å²) < 4.78 is 12.4. The molecule has 0 N–H and O–H groups in total. The standard InChI is InChI=1S/C8H12FNSi/c1-11(2,3)7-4-5-8(9)10-6-7/h4-6H,1-3H3. The summed E-state index contributed by atoms with van der Waals surface area (Å²) in [5.41, 5.74) is 0. The molecular formula is C8H12FNSi. The van der Waals surface area contributed by atoms with Crippen molar-refractivity contribution in [3.8, 4) is 0 Å². The average Bonchev–Trinajstić information content (AvgIpc) is 1.86. The molecule has 60 valence electrons. The monoisotopic (exact) mass is 169 g/mol. The molecule has 0 atom stereocenters. The summed E-state index contributed by atoms with van der Waals surface area (Å²) in [4.78, 5) is 3.61. The normalized spacial score (nSPS) is 11.6. The molecule has 1 heterocycles. The maximum Gasteiger partial charge on any atom is 0.212 e. The predicted molar refractivity (Wildman–Crippen MR) is 47.2 cm³/mol. The molecule has 0 amide bonds. The molecule has 1 aromatic heterocycles. The summed E-state index contributed by atoms with van der Waals surface area (Å²) >= 11 is 0. The fraction of sp³-hybridized carbons (Fsp3) is 0.375. The minimum Gasteiger partial charge on any atom is -0.228 e. The number of pyridine rings is 1. The third kappa shape index (κ3) is 2.12. The van der Waals surface area contributed by atoms with Crippen LogP contribution in [-0.2, 0) is 0 Å². The first kappa shape index (κ1) is 8.39. The van der Waals surface area contributed by atoms with Crippen molar-refractivity contribution < 1.29 is 4.39 Å². The van der Waals surface area contributed by atoms with E-state index in [2.05, 4.69) is 24.6 Å². The van der Waals surface area contributed by atoms with Crippen LogP contribution < -0.4 is 5.19 Å². The predicted octanol–water partition coefficient (Wildman–Crippen LogP) is 1.77. The molecule has 0 aliphatic heterocycles. The van der Waals surface area contributed by atoms with Gasteiger partial charge >= 0.3 is 0 Å². The highest BCUT2D eigenvalue weighted by Gasteiger charge is 2.15. The van der Waals surface area contributed by atoms with Crippen molar-refractivity contribution >= 4 is 13.3 Å². The van der Waals surface area contributed by atoms with Crippen LogP contribution in [0, 0.1) is 5.95 Å². The topological polar surface area (TPSA) is 12.9 Å². The van der Waals surface area contributed by atoms with Gasteiger partial charge in [-0.05, 0) is 11.3 Å². The smallest absolute Gasteiger partial charge is 0.212 e. The Morgan fingerprint density at radius 1 is 1.27 bits per heavy atom. The van der Waals surface area contributed by atoms with Gasteiger partial charge in [0.2, 0.25) is 5.95 Å². The van der Waals surface area contributed by atoms with E-state index in [1.165, 1.54) is 11.3 Å². The first-order chi connectivity index (χ1) is 5.00. The van der Waals surface area contributed by atoms with Gasteiger partial charge in [-0.3, -0.25) is 0 Å². The van der Waals surface area contributed by atoms with Crippen LogP contribution >= 0.6 is 0 Å². The number of hydrogen-bond acceptors (Lipinski definition) is 1. The van der Waals surface area contributed by atoms with Gasteiger partial charge in [-0.1, -0.05) is 25.7 Å². The van der Waals surface area contributed by atoms with Gasteiger partial charge in [0.05, 0.1) is 8.07 Å². The molecule has 0 aliphatic carbocycles. The first-order valence-corrected chi connectivity index (χ1v) is 7.12. The van der Waals surface area contributed by atoms with Gasteiger partial charge in [0.15, 0.2) is 0 Å². The molecule has 0 spiro atoms. The highest BCUT2D eigenvalue weighted by molar-refractivity contribution is 6.88. The summed E-state index contributed by atoms with van der Waals surface area (Å²) in [5, 5.41) is 1.19. The minimum absolute atomic E-state index is 0.396. The lowest BCUT2D eigenvalue weighted by atomic mass is 10.5. The van der Waals surface area contributed by atoms with Crippen molar-refractivity contribution in [2.45, 2.75) is 19.6 Å². The van der Waals surface area contributed by atoms with Crippen LogP contribution in [0.3, 0.4) is 0 Å². The molecule has 11 heavy (non-hydrogen) atoms. The third-order valence-electron chi connectivity index (χ3n) is 1.59. The molecule has 0 aromatic carbocycles. The van der Waals surface area contributed by atoms with E-state index in [4.69, 9.17) is 0 Å². The van der Waals surface area contributed by atoms with Crippen molar-refractivity contribution in [1.29, 1.82) is 0 Å². The Morgan fingerprint density at radius 2 is 1.91 bits per heavy atom. The Morgan fingerprint density at radius 3 is 2.27 bits per heavy atom. The quantitative estimate of drug-likeness (QED) is 0.461. The van der Waals surface area contributed by atoms with Crippen LogP contribution in [0.15, 0.2) is 18.3 Å². The lowest BCUT2D eigenvalue weighted by molar-refractivity contribution is 0.584. The Balaban J connectivity index is 2.99. The zero-order chi connectivity index (χ0) is 8.48. The van der Waals surface area contributed by atoms with E-state index >= 15 is 0 Å². The zero-order valence-electron chi connectivity index (χ0n) is 7.06. The lowest BCUT2D eigenvalue weighted by Gasteiger charge is -2.14. The number of nitrogens with zero attached hydrogens (tertiary/aromatic N) is 1. The number of halogens is 1. The molecule has 0 radical (unpaired) electrons. The second-order valence-corrected chi connectivity index (χ2v) is 8.70. The fourth-order valence-corrected chi connectivity index (χ4v) is 1.85. The summed E-state index contributed by atoms with van der Waals surface area (Å²) in [6, 6.07) is 3.25. The molecular weight excluding hydrogens is 157 g/mol. The average molecular weight is 169 g/mol. The number of rotatable bonds is 1. The van der Waals surface area contributed by atoms with Crippen LogP contribution in [0.5, 0.6) is 0 Å². The van der Waals surface area contributed by atoms with Gasteiger partial charge in [-0.15, -0.1) is 0 Å². The van der Waals surface area contributed by atoms with Crippen LogP contribution in [0.4, 0.5) is 4.39 Å². The zero-order valence-corrected chi connectivity index (χ0v) is 8.06. The van der Waals surface area contributed by atoms with Crippen molar-refractivity contribution in [3.63, 3.8) is 0 Å². The molecule has 0 bridgehead atoms. The van der Waals surface area contributed by atoms with E-state index in [-0.39, 0.29) is 0 Å². The van der Waals surface area contributed by atoms with E-state index in [0.717, 1.165) is 0 Å². The summed E-state index contributed by atoms with van der Waals surface area (Å²) in [6.07, 6.45) is 1.64. The second-order valence-electron chi connectivity index (χ2n) is 3.62. The van der Waals surface area contributed by atoms with Gasteiger partial charge in [-0.25, -0.2) is 4.98 Å². The molecule has 1 nitrogen and oxygen atoms in total. The summed E-state index contributed by atoms with van der Waals surface area (Å²) in [6.45, 7) is 6.63. The molecule has 3 heteroatoms. The van der Waals surface area contributed by atoms with Crippen molar-refractivity contribution in [3.05, 3.63) is 24.3 Å². The maximum atomic E-state index is 12.4. The fourth-order valence-electron chi connectivity index (χ4n) is 0.819. The molecule has 1 rings (SSSR count). The Bertz CT molecular complexity index is 237. The Hall–Kier alpha value is -0.703. The summed E-state index contributed by atoms with van der Waals surface area (Å²) in [5.74, 6) is -0.396. The highest BCUT2D eigenvalue weighted by atomic mass is 28.3. The van der Waals surface area contributed by atoms with Crippen LogP contribution in [0.25, 0.3) is 0 Å². The maximum absolute atomic E-state index is 12.4. The molecule has 1 aromatic rings. The minimum atomic E-state index is -1.29. The first-order valence-electron chi connectivity index (χ1n) is 3.62. The van der Waals surface area contributed by atoms with Crippen LogP contribution in [0.2, 0.25) is 19.6 Å². The van der Waals surface area contributed by atoms with Gasteiger partial charge in [0.25, 0.3) is 0 Å². The van der Waals surface area contributed by atoms with Crippen molar-refractivity contribution in [2.75, 3.05) is 0 Å². The van der Waals surface area contributed by atoms with E-state index in [9.17, 15) is 4.39 Å². The van der Waals surface area contributed by atoms with Crippen molar-refractivity contribution in [2.24, 2.45) is 0 Å². The van der Waals surface area contributed by atoms with E-state index < -0.39 is 14.0 Å². The lowest BCUT2D eigenvalue weighted by Crippen LogP contribution is -2.37. The number of aromatic nitrogens is 1. The SMILES string of the molecule is C[Si](C)(C)c1ccc(F)nc1. The van der Waals surface area contributed by atoms with Gasteiger partial charge in [0, 0.05) is 6.20 Å². The van der Waals surface area contributed by atoms with E-state index in [1.807, 2.05) is 6.07 Å². The Kier molecular flexibility index (Phi) is 2.09. The molecule has 0 saturated carbocycles. The third-order valence-corrected chi connectivity index (χ3v) is 3.62. The van der Waals surface area contributed by atoms with Gasteiger partial charge in [-0.2, -0.15) is 4.39 Å². The van der Waals surface area contributed by atoms with Crippen LogP contribution in [0.1, 0.15) is 0 Å². The van der Waals surface area contributed by atoms with Crippen LogP contribution in [-0.4, -0.2) is 13.1 Å². The molecule has 0 fully saturated rings. The molecule has 0 saturated heterocycles. The molecule has 0 unspecified atom stereocenters. The van der Waals surface area contributed by atoms with E-state index in [0.29, 0.717) is 0 Å². The van der Waals surface area contributed by atoms with E-state index in [1.54, 1.807) is 6.20 Å².